The fraction of sp³-hybridized carbons (Fsp3) is 0.908. The maximum Gasteiger partial charge on any atom is 0.105 e. The van der Waals surface area contributed by atoms with Gasteiger partial charge in [0.05, 0.1) is 19.1 Å². The third kappa shape index (κ3) is 45.1. The van der Waals surface area contributed by atoms with E-state index in [0.717, 1.165) is 6.04 Å². The lowest BCUT2D eigenvalue weighted by Gasteiger charge is -2.44. The molecule has 0 N–H and O–H groups in total. The van der Waals surface area contributed by atoms with Gasteiger partial charge in [0, 0.05) is 5.56 Å². The molecule has 0 heterocycles. The lowest BCUT2D eigenvalue weighted by Crippen LogP contribution is -3.00. The second-order valence-electron chi connectivity index (χ2n) is 23.8. The van der Waals surface area contributed by atoms with Crippen molar-refractivity contribution < 1.29 is 16.9 Å². The molecule has 0 saturated heterocycles. The average molecular weight is 957 g/mol. The number of quaternary nitrogens is 1. The van der Waals surface area contributed by atoms with Crippen LogP contribution in [0.2, 0.25) is 0 Å². The highest BCUT2D eigenvalue weighted by atomic mass is 35.5. The second-order valence-corrected chi connectivity index (χ2v) is 23.8. The average Bonchev–Trinajstić information content (AvgIpc) is 3.30. The molecule has 0 aliphatic carbocycles. The van der Waals surface area contributed by atoms with E-state index >= 15 is 0 Å². The first-order chi connectivity index (χ1) is 32.3. The summed E-state index contributed by atoms with van der Waals surface area (Å²) < 4.78 is 1.35. The van der Waals surface area contributed by atoms with Crippen LogP contribution in [0.3, 0.4) is 0 Å². The van der Waals surface area contributed by atoms with Gasteiger partial charge in [0.15, 0.2) is 0 Å². The number of nitrogens with zero attached hydrogens (tertiary/aromatic N) is 1. The van der Waals surface area contributed by atoms with Crippen molar-refractivity contribution in [3.8, 4) is 0 Å². The Labute approximate surface area is 431 Å². The number of rotatable bonds is 53. The molecule has 0 saturated carbocycles. The largest absolute Gasteiger partial charge is 1.00 e. The maximum atomic E-state index is 2.67. The van der Waals surface area contributed by atoms with E-state index in [1.54, 1.807) is 5.56 Å². The van der Waals surface area contributed by atoms with Gasteiger partial charge in [0.25, 0.3) is 0 Å². The number of hydrogen-bond acceptors (Lipinski definition) is 0. The molecule has 1 rings (SSSR count). The Hall–Kier alpha value is -0.530. The van der Waals surface area contributed by atoms with E-state index in [9.17, 15) is 0 Å². The summed E-state index contributed by atoms with van der Waals surface area (Å²) in [4.78, 5) is 0. The van der Waals surface area contributed by atoms with Crippen LogP contribution in [-0.2, 0) is 6.54 Å². The predicted octanol–water partition coefficient (Wildman–Crippen LogP) is 20.2. The van der Waals surface area contributed by atoms with Crippen LogP contribution in [0, 0.1) is 5.41 Å². The van der Waals surface area contributed by atoms with Crippen molar-refractivity contribution >= 4 is 0 Å². The van der Waals surface area contributed by atoms with Crippen LogP contribution in [0.5, 0.6) is 0 Å². The Morgan fingerprint density at radius 2 is 0.597 bits per heavy atom. The van der Waals surface area contributed by atoms with Gasteiger partial charge in [-0.2, -0.15) is 0 Å². The van der Waals surface area contributed by atoms with Gasteiger partial charge >= 0.3 is 0 Å². The molecular weight excluding hydrogens is 830 g/mol. The first kappa shape index (κ1) is 66.5. The Morgan fingerprint density at radius 3 is 0.881 bits per heavy atom. The van der Waals surface area contributed by atoms with Crippen LogP contribution in [-0.4, -0.2) is 23.6 Å². The Morgan fingerprint density at radius 1 is 0.343 bits per heavy atom. The van der Waals surface area contributed by atoms with Crippen LogP contribution in [0.25, 0.3) is 0 Å². The molecule has 2 heteroatoms. The van der Waals surface area contributed by atoms with E-state index < -0.39 is 0 Å². The molecule has 1 aromatic carbocycles. The van der Waals surface area contributed by atoms with Crippen molar-refractivity contribution in [3.05, 3.63) is 35.9 Å². The molecule has 0 bridgehead atoms. The fourth-order valence-corrected chi connectivity index (χ4v) is 11.3. The van der Waals surface area contributed by atoms with Crippen molar-refractivity contribution in [3.63, 3.8) is 0 Å². The van der Waals surface area contributed by atoms with Crippen LogP contribution in [0.4, 0.5) is 0 Å². The van der Waals surface area contributed by atoms with Crippen LogP contribution in [0.15, 0.2) is 30.3 Å². The molecular formula is C65H126ClN. The number of halogens is 1. The van der Waals surface area contributed by atoms with Gasteiger partial charge in [0.1, 0.15) is 6.54 Å². The second kappa shape index (κ2) is 50.4. The zero-order valence-corrected chi connectivity index (χ0v) is 48.1. The molecule has 0 spiro atoms. The first-order valence-electron chi connectivity index (χ1n) is 31.2. The molecule has 67 heavy (non-hydrogen) atoms. The summed E-state index contributed by atoms with van der Waals surface area (Å²) >= 11 is 0. The fourth-order valence-electron chi connectivity index (χ4n) is 11.3. The smallest absolute Gasteiger partial charge is 0.105 e. The third-order valence-corrected chi connectivity index (χ3v) is 16.0. The highest BCUT2D eigenvalue weighted by Crippen LogP contribution is 2.28. The third-order valence-electron chi connectivity index (χ3n) is 16.0. The Bertz CT molecular complexity index is 1020. The standard InChI is InChI=1S/C65H126N.ClH/c1-7-9-11-13-15-17-19-21-23-27-31-35-39-43-47-54-60-66(62-64-57-51-49-52-58-64,61-55-48-44-40-36-32-28-24-22-20-18-16-14-12-10-8-2)63(3)56-50-45-41-37-33-29-25-26-30-34-38-42-46-53-59-65(4,5)6;/h49,51-52,57-58,63H,7-48,50,53-56,59-62H2,1-6H3;1H/q+1;/p-1. The van der Waals surface area contributed by atoms with Gasteiger partial charge in [-0.15, -0.1) is 0 Å². The summed E-state index contributed by atoms with van der Waals surface area (Å²) in [6.07, 6.45) is 69.8. The molecule has 1 nitrogen and oxygen atoms in total. The molecule has 0 aromatic heterocycles. The van der Waals surface area contributed by atoms with E-state index in [2.05, 4.69) is 71.9 Å². The predicted molar refractivity (Wildman–Crippen MR) is 302 cm³/mol. The minimum Gasteiger partial charge on any atom is -1.00 e. The lowest BCUT2D eigenvalue weighted by atomic mass is 9.89. The monoisotopic (exact) mass is 956 g/mol. The molecule has 1 atom stereocenters. The SMILES string of the molecule is CCCCCCCCCCCCCCCCCC[N+](CCCCCCCCCCCCCCCCCC)(Cc1ccccc1)C(C)CCCCCCCCCCCCCCCCC(C)(C)C.[Cl-]. The minimum atomic E-state index is 0. The maximum absolute atomic E-state index is 2.67. The quantitative estimate of drug-likeness (QED) is 0.0451. The van der Waals surface area contributed by atoms with E-state index in [0.29, 0.717) is 5.41 Å². The van der Waals surface area contributed by atoms with E-state index in [1.807, 2.05) is 0 Å². The minimum absolute atomic E-state index is 0. The van der Waals surface area contributed by atoms with Gasteiger partial charge in [-0.1, -0.05) is 328 Å². The normalized spacial score (nSPS) is 12.5. The van der Waals surface area contributed by atoms with Gasteiger partial charge in [-0.3, -0.25) is 0 Å². The van der Waals surface area contributed by atoms with Crippen LogP contribution in [0.1, 0.15) is 355 Å². The Kier molecular flexibility index (Phi) is 50.0. The van der Waals surface area contributed by atoms with Crippen molar-refractivity contribution in [1.82, 2.24) is 0 Å². The van der Waals surface area contributed by atoms with Crippen molar-refractivity contribution in [1.29, 1.82) is 0 Å². The molecule has 0 aliphatic rings. The first-order valence-corrected chi connectivity index (χ1v) is 31.2. The van der Waals surface area contributed by atoms with Gasteiger partial charge in [0.2, 0.25) is 0 Å². The molecule has 0 amide bonds. The van der Waals surface area contributed by atoms with E-state index in [1.165, 1.54) is 332 Å². The van der Waals surface area contributed by atoms with Crippen molar-refractivity contribution in [2.75, 3.05) is 13.1 Å². The number of hydrogen-bond donors (Lipinski definition) is 0. The molecule has 0 aliphatic heterocycles. The molecule has 1 aromatic rings. The zero-order chi connectivity index (χ0) is 47.8. The molecule has 0 radical (unpaired) electrons. The van der Waals surface area contributed by atoms with Gasteiger partial charge < -0.3 is 16.9 Å². The molecule has 398 valence electrons. The summed E-state index contributed by atoms with van der Waals surface area (Å²) in [5.41, 5.74) is 2.09. The zero-order valence-electron chi connectivity index (χ0n) is 47.4. The van der Waals surface area contributed by atoms with Gasteiger partial charge in [-0.25, -0.2) is 0 Å². The van der Waals surface area contributed by atoms with Gasteiger partial charge in [-0.05, 0) is 57.3 Å². The topological polar surface area (TPSA) is 0 Å². The number of unbranched alkanes of at least 4 members (excludes halogenated alkanes) is 43. The molecule has 1 unspecified atom stereocenters. The van der Waals surface area contributed by atoms with Crippen molar-refractivity contribution in [2.45, 2.75) is 362 Å². The summed E-state index contributed by atoms with van der Waals surface area (Å²) in [6, 6.07) is 12.5. The number of benzene rings is 1. The van der Waals surface area contributed by atoms with Crippen LogP contribution >= 0.6 is 0 Å². The summed E-state index contributed by atoms with van der Waals surface area (Å²) in [7, 11) is 0. The Balaban J connectivity index is 0.0000436. The highest BCUT2D eigenvalue weighted by Gasteiger charge is 2.33. The summed E-state index contributed by atoms with van der Waals surface area (Å²) in [5.74, 6) is 0. The highest BCUT2D eigenvalue weighted by molar-refractivity contribution is 5.13. The van der Waals surface area contributed by atoms with Crippen LogP contribution < -0.4 is 12.4 Å². The summed E-state index contributed by atoms with van der Waals surface area (Å²) in [6.45, 7) is 18.5. The molecule has 0 fully saturated rings. The summed E-state index contributed by atoms with van der Waals surface area (Å²) in [5, 5.41) is 0. The van der Waals surface area contributed by atoms with E-state index in [-0.39, 0.29) is 12.4 Å². The lowest BCUT2D eigenvalue weighted by molar-refractivity contribution is -0.962. The van der Waals surface area contributed by atoms with Crippen molar-refractivity contribution in [2.24, 2.45) is 5.41 Å². The van der Waals surface area contributed by atoms with E-state index in [4.69, 9.17) is 0 Å².